The van der Waals surface area contributed by atoms with E-state index in [1.165, 1.54) is 7.11 Å². The third-order valence-electron chi connectivity index (χ3n) is 5.32. The Kier molecular flexibility index (Phi) is 5.04. The zero-order valence-corrected chi connectivity index (χ0v) is 17.9. The molecule has 152 valence electrons. The molecule has 0 saturated carbocycles. The SMILES string of the molecule is COC(=O)c1ccccc1-c1c2ccc(=[N+](C)C)cc-2oc2cc(N(C)C)ccc12. The van der Waals surface area contributed by atoms with Crippen LogP contribution < -0.4 is 14.8 Å². The van der Waals surface area contributed by atoms with Crippen LogP contribution in [0.25, 0.3) is 33.4 Å². The molecule has 5 heteroatoms. The molecule has 0 radical (unpaired) electrons. The monoisotopic (exact) mass is 401 g/mol. The van der Waals surface area contributed by atoms with Crippen LogP contribution in [-0.2, 0) is 4.74 Å². The number of carbonyl (C=O) groups is 1. The Hall–Kier alpha value is -3.60. The van der Waals surface area contributed by atoms with Gasteiger partial charge in [0.2, 0.25) is 5.36 Å². The fourth-order valence-electron chi connectivity index (χ4n) is 3.70. The molecule has 1 heterocycles. The van der Waals surface area contributed by atoms with Gasteiger partial charge >= 0.3 is 5.97 Å². The Bertz CT molecular complexity index is 1300. The summed E-state index contributed by atoms with van der Waals surface area (Å²) in [5.41, 5.74) is 5.07. The van der Waals surface area contributed by atoms with Crippen LogP contribution in [0.3, 0.4) is 0 Å². The smallest absolute Gasteiger partial charge is 0.338 e. The quantitative estimate of drug-likeness (QED) is 0.295. The Morgan fingerprint density at radius 1 is 0.967 bits per heavy atom. The summed E-state index contributed by atoms with van der Waals surface area (Å²) in [5.74, 6) is 0.404. The van der Waals surface area contributed by atoms with Crippen LogP contribution in [0.15, 0.2) is 65.1 Å². The first-order valence-electron chi connectivity index (χ1n) is 9.76. The second-order valence-electron chi connectivity index (χ2n) is 7.66. The van der Waals surface area contributed by atoms with Crippen molar-refractivity contribution in [1.82, 2.24) is 4.58 Å². The standard InChI is InChI=1S/C25H25N2O3/c1-26(2)16-10-12-20-22(14-16)30-23-15-17(27(3)4)11-13-21(23)24(20)18-8-6-7-9-19(18)25(28)29-5/h6-15H,1-5H3/q+1. The number of benzene rings is 3. The number of fused-ring (bicyclic) bond motifs is 2. The number of rotatable bonds is 3. The predicted octanol–water partition coefficient (Wildman–Crippen LogP) is 4.09. The molecule has 0 spiro atoms. The number of hydrogen-bond acceptors (Lipinski definition) is 4. The molecule has 0 unspecified atom stereocenters. The zero-order chi connectivity index (χ0) is 21.4. The highest BCUT2D eigenvalue weighted by molar-refractivity contribution is 6.08. The second-order valence-corrected chi connectivity index (χ2v) is 7.66. The lowest BCUT2D eigenvalue weighted by Gasteiger charge is -2.19. The molecule has 0 fully saturated rings. The van der Waals surface area contributed by atoms with Crippen molar-refractivity contribution in [1.29, 1.82) is 0 Å². The van der Waals surface area contributed by atoms with Gasteiger partial charge < -0.3 is 14.1 Å². The highest BCUT2D eigenvalue weighted by Crippen LogP contribution is 2.41. The Morgan fingerprint density at radius 2 is 1.73 bits per heavy atom. The van der Waals surface area contributed by atoms with Gasteiger partial charge in [-0.2, -0.15) is 0 Å². The second kappa shape index (κ2) is 7.67. The number of ether oxygens (including phenoxy) is 1. The van der Waals surface area contributed by atoms with Gasteiger partial charge in [0.25, 0.3) is 0 Å². The maximum atomic E-state index is 12.5. The van der Waals surface area contributed by atoms with E-state index in [1.807, 2.05) is 68.0 Å². The minimum atomic E-state index is -0.359. The number of hydrogen-bond donors (Lipinski definition) is 0. The van der Waals surface area contributed by atoms with Crippen molar-refractivity contribution in [2.75, 3.05) is 40.2 Å². The minimum absolute atomic E-state index is 0.359. The molecule has 1 aliphatic carbocycles. The number of nitrogens with zero attached hydrogens (tertiary/aromatic N) is 2. The topological polar surface area (TPSA) is 45.7 Å². The lowest BCUT2D eigenvalue weighted by atomic mass is 9.90. The molecule has 4 rings (SSSR count). The highest BCUT2D eigenvalue weighted by atomic mass is 16.5. The maximum Gasteiger partial charge on any atom is 0.338 e. The van der Waals surface area contributed by atoms with E-state index in [4.69, 9.17) is 9.15 Å². The molecule has 0 bridgehead atoms. The molecule has 2 aliphatic rings. The molecule has 0 amide bonds. The van der Waals surface area contributed by atoms with Gasteiger partial charge in [-0.1, -0.05) is 18.2 Å². The summed E-state index contributed by atoms with van der Waals surface area (Å²) in [5, 5.41) is 1.99. The van der Waals surface area contributed by atoms with Crippen molar-refractivity contribution < 1.29 is 13.9 Å². The Labute approximate surface area is 175 Å². The molecular formula is C25H25N2O3+. The zero-order valence-electron chi connectivity index (χ0n) is 17.9. The normalized spacial score (nSPS) is 11.0. The van der Waals surface area contributed by atoms with Gasteiger partial charge in [0, 0.05) is 48.4 Å². The third-order valence-corrected chi connectivity index (χ3v) is 5.32. The molecule has 0 aromatic heterocycles. The summed E-state index contributed by atoms with van der Waals surface area (Å²) in [6, 6.07) is 19.8. The van der Waals surface area contributed by atoms with Gasteiger partial charge in [-0.3, -0.25) is 0 Å². The van der Waals surface area contributed by atoms with Crippen molar-refractivity contribution in [3.63, 3.8) is 0 Å². The van der Waals surface area contributed by atoms with Gasteiger partial charge in [-0.05, 0) is 29.8 Å². The van der Waals surface area contributed by atoms with E-state index in [2.05, 4.69) is 24.3 Å². The van der Waals surface area contributed by atoms with Crippen LogP contribution in [0.1, 0.15) is 10.4 Å². The van der Waals surface area contributed by atoms with E-state index in [-0.39, 0.29) is 5.97 Å². The van der Waals surface area contributed by atoms with E-state index in [9.17, 15) is 4.79 Å². The average Bonchev–Trinajstić information content (AvgIpc) is 2.76. The molecule has 0 saturated heterocycles. The van der Waals surface area contributed by atoms with Gasteiger partial charge in [-0.25, -0.2) is 9.37 Å². The average molecular weight is 401 g/mol. The first kappa shape index (κ1) is 19.7. The Morgan fingerprint density at radius 3 is 2.43 bits per heavy atom. The van der Waals surface area contributed by atoms with E-state index in [0.717, 1.165) is 44.5 Å². The fourth-order valence-corrected chi connectivity index (χ4v) is 3.70. The van der Waals surface area contributed by atoms with E-state index < -0.39 is 0 Å². The van der Waals surface area contributed by atoms with Gasteiger partial charge in [0.15, 0.2) is 0 Å². The predicted molar refractivity (Wildman–Crippen MR) is 121 cm³/mol. The van der Waals surface area contributed by atoms with Crippen molar-refractivity contribution in [3.05, 3.63) is 71.6 Å². The summed E-state index contributed by atoms with van der Waals surface area (Å²) in [7, 11) is 9.40. The molecule has 2 aromatic rings. The lowest BCUT2D eigenvalue weighted by molar-refractivity contribution is 0.0601. The molecule has 0 N–H and O–H groups in total. The van der Waals surface area contributed by atoms with Crippen LogP contribution >= 0.6 is 0 Å². The summed E-state index contributed by atoms with van der Waals surface area (Å²) in [6.07, 6.45) is 0. The van der Waals surface area contributed by atoms with Gasteiger partial charge in [-0.15, -0.1) is 0 Å². The van der Waals surface area contributed by atoms with Crippen LogP contribution in [0.5, 0.6) is 0 Å². The summed E-state index contributed by atoms with van der Waals surface area (Å²) < 4.78 is 13.4. The van der Waals surface area contributed by atoms with Crippen LogP contribution in [0, 0.1) is 0 Å². The molecule has 1 aliphatic heterocycles. The van der Waals surface area contributed by atoms with Crippen molar-refractivity contribution in [3.8, 4) is 22.5 Å². The van der Waals surface area contributed by atoms with Gasteiger partial charge in [0.05, 0.1) is 18.7 Å². The van der Waals surface area contributed by atoms with E-state index in [1.54, 1.807) is 6.07 Å². The minimum Gasteiger partial charge on any atom is -0.465 e. The first-order chi connectivity index (χ1) is 14.4. The highest BCUT2D eigenvalue weighted by Gasteiger charge is 2.22. The maximum absolute atomic E-state index is 12.5. The largest absolute Gasteiger partial charge is 0.465 e. The number of esters is 1. The number of carbonyl (C=O) groups excluding carboxylic acids is 1. The van der Waals surface area contributed by atoms with Gasteiger partial charge in [0.1, 0.15) is 25.4 Å². The van der Waals surface area contributed by atoms with Crippen LogP contribution in [-0.4, -0.2) is 41.3 Å². The van der Waals surface area contributed by atoms with Crippen molar-refractivity contribution in [2.24, 2.45) is 0 Å². The molecular weight excluding hydrogens is 376 g/mol. The first-order valence-corrected chi connectivity index (χ1v) is 9.76. The third kappa shape index (κ3) is 3.32. The van der Waals surface area contributed by atoms with E-state index in [0.29, 0.717) is 5.56 Å². The van der Waals surface area contributed by atoms with Crippen LogP contribution in [0.2, 0.25) is 0 Å². The summed E-state index contributed by atoms with van der Waals surface area (Å²) in [4.78, 5) is 14.5. The molecule has 0 atom stereocenters. The molecule has 5 nitrogen and oxygen atoms in total. The van der Waals surface area contributed by atoms with Crippen molar-refractivity contribution >= 4 is 22.6 Å². The van der Waals surface area contributed by atoms with Crippen molar-refractivity contribution in [2.45, 2.75) is 0 Å². The fraction of sp³-hybridized carbons (Fsp3) is 0.200. The number of anilines is 1. The van der Waals surface area contributed by atoms with E-state index >= 15 is 0 Å². The molecule has 30 heavy (non-hydrogen) atoms. The lowest BCUT2D eigenvalue weighted by Crippen LogP contribution is -2.21. The summed E-state index contributed by atoms with van der Waals surface area (Å²) in [6.45, 7) is 0. The van der Waals surface area contributed by atoms with Crippen LogP contribution in [0.4, 0.5) is 5.69 Å². The number of methoxy groups -OCH3 is 1. The molecule has 2 aromatic carbocycles. The summed E-state index contributed by atoms with van der Waals surface area (Å²) >= 11 is 0. The Balaban J connectivity index is 2.17.